The molecule has 0 spiro atoms. The van der Waals surface area contributed by atoms with Crippen LogP contribution in [0.25, 0.3) is 0 Å². The summed E-state index contributed by atoms with van der Waals surface area (Å²) >= 11 is 0. The third-order valence-electron chi connectivity index (χ3n) is 1.90. The maximum absolute atomic E-state index is 11.6. The molecule has 0 heterocycles. The summed E-state index contributed by atoms with van der Waals surface area (Å²) in [7, 11) is 0. The molecule has 0 unspecified atom stereocenters. The molecule has 0 aliphatic rings. The Kier molecular flexibility index (Phi) is 3.67. The smallest absolute Gasteiger partial charge is 0.340 e. The lowest BCUT2D eigenvalue weighted by atomic mass is 10.1. The molecule has 1 rings (SSSR count). The van der Waals surface area contributed by atoms with Crippen LogP contribution in [0.5, 0.6) is 0 Å². The molecule has 0 bridgehead atoms. The van der Waals surface area contributed by atoms with Crippen molar-refractivity contribution in [3.05, 3.63) is 35.4 Å². The number of terminal acetylenes is 1. The summed E-state index contributed by atoms with van der Waals surface area (Å²) in [5.41, 5.74) is -0.103. The van der Waals surface area contributed by atoms with E-state index in [9.17, 15) is 9.59 Å². The third kappa shape index (κ3) is 2.61. The van der Waals surface area contributed by atoms with Gasteiger partial charge in [0.15, 0.2) is 6.10 Å². The molecule has 0 amide bonds. The van der Waals surface area contributed by atoms with Crippen molar-refractivity contribution in [2.75, 3.05) is 0 Å². The van der Waals surface area contributed by atoms with E-state index in [0.717, 1.165) is 0 Å². The Morgan fingerprint density at radius 3 is 2.44 bits per heavy atom. The average molecular weight is 218 g/mol. The second-order valence-corrected chi connectivity index (χ2v) is 3.06. The van der Waals surface area contributed by atoms with Gasteiger partial charge in [-0.2, -0.15) is 0 Å². The van der Waals surface area contributed by atoms with Crippen LogP contribution >= 0.6 is 0 Å². The van der Waals surface area contributed by atoms with E-state index in [4.69, 9.17) is 16.3 Å². The number of benzene rings is 1. The van der Waals surface area contributed by atoms with Crippen molar-refractivity contribution >= 4 is 11.9 Å². The molecule has 4 nitrogen and oxygen atoms in total. The lowest BCUT2D eigenvalue weighted by molar-refractivity contribution is 0.0430. The van der Waals surface area contributed by atoms with Crippen LogP contribution in [0.15, 0.2) is 24.3 Å². The van der Waals surface area contributed by atoms with Crippen molar-refractivity contribution in [1.29, 1.82) is 0 Å². The van der Waals surface area contributed by atoms with Gasteiger partial charge in [0.25, 0.3) is 0 Å². The summed E-state index contributed by atoms with van der Waals surface area (Å²) < 4.78 is 4.84. The summed E-state index contributed by atoms with van der Waals surface area (Å²) in [5.74, 6) is 0.311. The first kappa shape index (κ1) is 11.8. The van der Waals surface area contributed by atoms with Gasteiger partial charge in [-0.25, -0.2) is 9.59 Å². The van der Waals surface area contributed by atoms with Crippen molar-refractivity contribution in [2.24, 2.45) is 0 Å². The van der Waals surface area contributed by atoms with Crippen molar-refractivity contribution in [1.82, 2.24) is 0 Å². The van der Waals surface area contributed by atoms with E-state index in [0.29, 0.717) is 0 Å². The predicted octanol–water partition coefficient (Wildman–Crippen LogP) is 1.56. The lowest BCUT2D eigenvalue weighted by Crippen LogP contribution is -2.16. The van der Waals surface area contributed by atoms with Crippen molar-refractivity contribution in [2.45, 2.75) is 13.0 Å². The standard InChI is InChI=1S/C12H10O4/c1-3-8(2)16-12(15)10-7-5-4-6-9(10)11(13)14/h1,4-8H,2H3,(H,13,14)/t8-/m0/s1. The van der Waals surface area contributed by atoms with Crippen LogP contribution in [0.2, 0.25) is 0 Å². The van der Waals surface area contributed by atoms with Crippen molar-refractivity contribution in [3.63, 3.8) is 0 Å². The summed E-state index contributed by atoms with van der Waals surface area (Å²) in [6.07, 6.45) is 4.37. The zero-order valence-corrected chi connectivity index (χ0v) is 8.64. The molecule has 0 radical (unpaired) electrons. The summed E-state index contributed by atoms with van der Waals surface area (Å²) in [6.45, 7) is 1.53. The molecule has 1 aromatic carbocycles. The van der Waals surface area contributed by atoms with E-state index in [1.54, 1.807) is 6.07 Å². The maximum Gasteiger partial charge on any atom is 0.340 e. The molecule has 4 heteroatoms. The highest BCUT2D eigenvalue weighted by atomic mass is 16.5. The van der Waals surface area contributed by atoms with Crippen LogP contribution in [0, 0.1) is 12.3 Å². The molecule has 0 saturated carbocycles. The van der Waals surface area contributed by atoms with Crippen LogP contribution in [-0.4, -0.2) is 23.1 Å². The fourth-order valence-corrected chi connectivity index (χ4v) is 1.11. The first-order valence-corrected chi connectivity index (χ1v) is 4.55. The molecule has 0 fully saturated rings. The van der Waals surface area contributed by atoms with E-state index in [-0.39, 0.29) is 11.1 Å². The Hall–Kier alpha value is -2.28. The van der Waals surface area contributed by atoms with Gasteiger partial charge in [-0.3, -0.25) is 0 Å². The van der Waals surface area contributed by atoms with Crippen molar-refractivity contribution < 1.29 is 19.4 Å². The number of rotatable bonds is 3. The zero-order chi connectivity index (χ0) is 12.1. The topological polar surface area (TPSA) is 63.6 Å². The summed E-state index contributed by atoms with van der Waals surface area (Å²) in [5, 5.41) is 8.86. The Bertz CT molecular complexity index is 456. The van der Waals surface area contributed by atoms with Gasteiger partial charge in [0.05, 0.1) is 11.1 Å². The van der Waals surface area contributed by atoms with Gasteiger partial charge in [0.2, 0.25) is 0 Å². The van der Waals surface area contributed by atoms with Crippen LogP contribution in [0.1, 0.15) is 27.6 Å². The Labute approximate surface area is 92.9 Å². The van der Waals surface area contributed by atoms with E-state index in [2.05, 4.69) is 5.92 Å². The van der Waals surface area contributed by atoms with Gasteiger partial charge in [-0.15, -0.1) is 6.42 Å². The second-order valence-electron chi connectivity index (χ2n) is 3.06. The zero-order valence-electron chi connectivity index (χ0n) is 8.64. The van der Waals surface area contributed by atoms with E-state index >= 15 is 0 Å². The minimum absolute atomic E-state index is 0.00269. The third-order valence-corrected chi connectivity index (χ3v) is 1.90. The molecule has 0 aliphatic carbocycles. The van der Waals surface area contributed by atoms with Crippen LogP contribution in [0.4, 0.5) is 0 Å². The Morgan fingerprint density at radius 1 is 1.38 bits per heavy atom. The molecule has 16 heavy (non-hydrogen) atoms. The van der Waals surface area contributed by atoms with Crippen LogP contribution < -0.4 is 0 Å². The summed E-state index contributed by atoms with van der Waals surface area (Å²) in [4.78, 5) is 22.4. The first-order chi connectivity index (χ1) is 7.56. The molecular weight excluding hydrogens is 208 g/mol. The highest BCUT2D eigenvalue weighted by molar-refractivity contribution is 6.02. The number of carboxylic acids is 1. The number of carboxylic acid groups (broad SMARTS) is 1. The average Bonchev–Trinajstić information content (AvgIpc) is 2.28. The van der Waals surface area contributed by atoms with Crippen molar-refractivity contribution in [3.8, 4) is 12.3 Å². The minimum Gasteiger partial charge on any atom is -0.478 e. The minimum atomic E-state index is -1.18. The number of ether oxygens (including phenoxy) is 1. The van der Waals surface area contributed by atoms with Gasteiger partial charge < -0.3 is 9.84 Å². The first-order valence-electron chi connectivity index (χ1n) is 4.55. The van der Waals surface area contributed by atoms with Gasteiger partial charge in [-0.1, -0.05) is 18.1 Å². The normalized spacial score (nSPS) is 11.2. The van der Waals surface area contributed by atoms with Crippen LogP contribution in [0.3, 0.4) is 0 Å². The fraction of sp³-hybridized carbons (Fsp3) is 0.167. The van der Waals surface area contributed by atoms with E-state index < -0.39 is 18.0 Å². The monoisotopic (exact) mass is 218 g/mol. The molecule has 1 aromatic rings. The highest BCUT2D eigenvalue weighted by Crippen LogP contribution is 2.11. The molecule has 0 aliphatic heterocycles. The Balaban J connectivity index is 3.00. The number of carbonyl (C=O) groups excluding carboxylic acids is 1. The van der Waals surface area contributed by atoms with E-state index in [1.807, 2.05) is 0 Å². The maximum atomic E-state index is 11.6. The number of carbonyl (C=O) groups is 2. The lowest BCUT2D eigenvalue weighted by Gasteiger charge is -2.08. The molecular formula is C12H10O4. The quantitative estimate of drug-likeness (QED) is 0.617. The summed E-state index contributed by atoms with van der Waals surface area (Å²) in [6, 6.07) is 5.81. The number of hydrogen-bond acceptors (Lipinski definition) is 3. The molecule has 0 aromatic heterocycles. The van der Waals surface area contributed by atoms with E-state index in [1.165, 1.54) is 25.1 Å². The molecule has 0 saturated heterocycles. The number of aromatic carboxylic acids is 1. The second kappa shape index (κ2) is 4.99. The Morgan fingerprint density at radius 2 is 1.94 bits per heavy atom. The predicted molar refractivity (Wildman–Crippen MR) is 57.1 cm³/mol. The molecule has 1 atom stereocenters. The van der Waals surface area contributed by atoms with Gasteiger partial charge in [0.1, 0.15) is 0 Å². The molecule has 82 valence electrons. The largest absolute Gasteiger partial charge is 0.478 e. The molecule has 1 N–H and O–H groups in total. The highest BCUT2D eigenvalue weighted by Gasteiger charge is 2.18. The SMILES string of the molecule is C#C[C@H](C)OC(=O)c1ccccc1C(=O)O. The van der Waals surface area contributed by atoms with Gasteiger partial charge >= 0.3 is 11.9 Å². The van der Waals surface area contributed by atoms with Crippen LogP contribution in [-0.2, 0) is 4.74 Å². The number of hydrogen-bond donors (Lipinski definition) is 1. The van der Waals surface area contributed by atoms with Gasteiger partial charge in [-0.05, 0) is 19.1 Å². The van der Waals surface area contributed by atoms with Gasteiger partial charge in [0, 0.05) is 0 Å². The number of esters is 1. The fourth-order valence-electron chi connectivity index (χ4n) is 1.11.